The molecule has 0 spiro atoms. The number of aromatic nitrogens is 2. The molecule has 3 rings (SSSR count). The van der Waals surface area contributed by atoms with Gasteiger partial charge < -0.3 is 4.98 Å². The highest BCUT2D eigenvalue weighted by Crippen LogP contribution is 2.25. The number of hydrogen-bond donors (Lipinski definition) is 1. The Labute approximate surface area is 90.4 Å². The van der Waals surface area contributed by atoms with Gasteiger partial charge in [0.1, 0.15) is 0 Å². The number of nitrogens with zero attached hydrogens (tertiary/aromatic N) is 4. The first-order valence-electron chi connectivity index (χ1n) is 4.81. The molecule has 1 aromatic heterocycles. The second kappa shape index (κ2) is 3.25. The van der Waals surface area contributed by atoms with Crippen LogP contribution < -0.4 is 0 Å². The summed E-state index contributed by atoms with van der Waals surface area (Å²) in [6.07, 6.45) is 0. The third kappa shape index (κ3) is 1.20. The summed E-state index contributed by atoms with van der Waals surface area (Å²) in [7, 11) is 0. The summed E-state index contributed by atoms with van der Waals surface area (Å²) in [6, 6.07) is 11.9. The zero-order valence-electron chi connectivity index (χ0n) is 8.25. The lowest BCUT2D eigenvalue weighted by Gasteiger charge is -1.96. The second-order valence-electron chi connectivity index (χ2n) is 3.43. The Hall–Kier alpha value is -2.52. The molecule has 0 amide bonds. The van der Waals surface area contributed by atoms with Crippen molar-refractivity contribution in [2.24, 2.45) is 5.11 Å². The molecule has 0 saturated carbocycles. The Kier molecular flexibility index (Phi) is 1.78. The quantitative estimate of drug-likeness (QED) is 0.370. The predicted molar refractivity (Wildman–Crippen MR) is 62.4 cm³/mol. The molecule has 0 bridgehead atoms. The molecule has 16 heavy (non-hydrogen) atoms. The first-order valence-corrected chi connectivity index (χ1v) is 4.81. The van der Waals surface area contributed by atoms with E-state index in [2.05, 4.69) is 20.0 Å². The topological polar surface area (TPSA) is 77.4 Å². The third-order valence-electron chi connectivity index (χ3n) is 2.50. The number of nitrogens with one attached hydrogen (secondary N) is 1. The first kappa shape index (κ1) is 8.76. The van der Waals surface area contributed by atoms with Crippen LogP contribution in [0, 0.1) is 0 Å². The van der Waals surface area contributed by atoms with Gasteiger partial charge in [0.05, 0.1) is 11.0 Å². The van der Waals surface area contributed by atoms with E-state index in [1.165, 1.54) is 0 Å². The minimum Gasteiger partial charge on any atom is -0.337 e. The molecule has 0 aliphatic rings. The minimum atomic E-state index is 0.300. The standard InChI is InChI=1S/C11H7N5/c12-16-15-11-13-9-6-5-7-3-1-2-4-8(7)10(9)14-11/h1-6H,(H,13,14). The molecule has 0 saturated heterocycles. The van der Waals surface area contributed by atoms with Gasteiger partial charge in [-0.1, -0.05) is 30.3 Å². The highest BCUT2D eigenvalue weighted by Gasteiger charge is 2.04. The van der Waals surface area contributed by atoms with E-state index >= 15 is 0 Å². The smallest absolute Gasteiger partial charge is 0.195 e. The largest absolute Gasteiger partial charge is 0.337 e. The summed E-state index contributed by atoms with van der Waals surface area (Å²) in [6.45, 7) is 0. The Bertz CT molecular complexity index is 721. The first-order chi connectivity index (χ1) is 7.88. The molecular formula is C11H7N5. The molecule has 0 unspecified atom stereocenters. The van der Waals surface area contributed by atoms with Crippen molar-refractivity contribution in [1.82, 2.24) is 9.97 Å². The summed E-state index contributed by atoms with van der Waals surface area (Å²) < 4.78 is 0. The van der Waals surface area contributed by atoms with E-state index in [0.29, 0.717) is 5.95 Å². The predicted octanol–water partition coefficient (Wildman–Crippen LogP) is 3.66. The molecule has 0 fully saturated rings. The zero-order chi connectivity index (χ0) is 11.0. The molecule has 0 atom stereocenters. The Balaban J connectivity index is 2.45. The van der Waals surface area contributed by atoms with Crippen molar-refractivity contribution >= 4 is 27.8 Å². The maximum absolute atomic E-state index is 8.36. The molecule has 0 aliphatic heterocycles. The van der Waals surface area contributed by atoms with Crippen LogP contribution >= 0.6 is 0 Å². The SMILES string of the molecule is [N-]=[N+]=Nc1nc2c(ccc3ccccc32)[nH]1. The van der Waals surface area contributed by atoms with Gasteiger partial charge in [-0.3, -0.25) is 0 Å². The van der Waals surface area contributed by atoms with E-state index < -0.39 is 0 Å². The van der Waals surface area contributed by atoms with Crippen molar-refractivity contribution < 1.29 is 0 Å². The van der Waals surface area contributed by atoms with Crippen LogP contribution in [0.25, 0.3) is 32.2 Å². The molecule has 3 aromatic rings. The van der Waals surface area contributed by atoms with Crippen LogP contribution in [0.3, 0.4) is 0 Å². The molecule has 76 valence electrons. The van der Waals surface area contributed by atoms with E-state index in [4.69, 9.17) is 5.53 Å². The van der Waals surface area contributed by atoms with E-state index in [1.54, 1.807) is 0 Å². The van der Waals surface area contributed by atoms with Gasteiger partial charge in [-0.25, -0.2) is 4.98 Å². The van der Waals surface area contributed by atoms with Crippen molar-refractivity contribution in [2.45, 2.75) is 0 Å². The van der Waals surface area contributed by atoms with Crippen LogP contribution in [-0.4, -0.2) is 9.97 Å². The van der Waals surface area contributed by atoms with E-state index in [9.17, 15) is 0 Å². The summed E-state index contributed by atoms with van der Waals surface area (Å²) in [5, 5.41) is 5.64. The normalized spacial score (nSPS) is 10.5. The third-order valence-corrected chi connectivity index (χ3v) is 2.50. The maximum Gasteiger partial charge on any atom is 0.195 e. The highest BCUT2D eigenvalue weighted by molar-refractivity contribution is 6.04. The minimum absolute atomic E-state index is 0.300. The fourth-order valence-electron chi connectivity index (χ4n) is 1.82. The maximum atomic E-state index is 8.36. The molecule has 2 aromatic carbocycles. The van der Waals surface area contributed by atoms with E-state index in [1.807, 2.05) is 36.4 Å². The van der Waals surface area contributed by atoms with Gasteiger partial charge >= 0.3 is 0 Å². The summed E-state index contributed by atoms with van der Waals surface area (Å²) in [4.78, 5) is 9.92. The van der Waals surface area contributed by atoms with Crippen molar-refractivity contribution in [3.8, 4) is 0 Å². The van der Waals surface area contributed by atoms with Crippen molar-refractivity contribution in [1.29, 1.82) is 0 Å². The number of azide groups is 1. The summed E-state index contributed by atoms with van der Waals surface area (Å²) in [5.41, 5.74) is 10.1. The van der Waals surface area contributed by atoms with Gasteiger partial charge in [-0.2, -0.15) is 0 Å². The molecule has 5 heteroatoms. The molecule has 0 aliphatic carbocycles. The summed E-state index contributed by atoms with van der Waals surface area (Å²) in [5.74, 6) is 0.300. The number of benzene rings is 2. The van der Waals surface area contributed by atoms with Crippen molar-refractivity contribution in [2.75, 3.05) is 0 Å². The van der Waals surface area contributed by atoms with Crippen LogP contribution in [0.4, 0.5) is 5.95 Å². The monoisotopic (exact) mass is 209 g/mol. The fraction of sp³-hybridized carbons (Fsp3) is 0. The van der Waals surface area contributed by atoms with Crippen molar-refractivity contribution in [3.63, 3.8) is 0 Å². The molecule has 1 heterocycles. The average Bonchev–Trinajstić information content (AvgIpc) is 2.72. The second-order valence-corrected chi connectivity index (χ2v) is 3.43. The van der Waals surface area contributed by atoms with Crippen LogP contribution in [0.1, 0.15) is 0 Å². The Morgan fingerprint density at radius 1 is 1.19 bits per heavy atom. The average molecular weight is 209 g/mol. The van der Waals surface area contributed by atoms with E-state index in [0.717, 1.165) is 21.8 Å². The number of hydrogen-bond acceptors (Lipinski definition) is 2. The Morgan fingerprint density at radius 2 is 2.06 bits per heavy atom. The lowest BCUT2D eigenvalue weighted by molar-refractivity contribution is 1.25. The number of fused-ring (bicyclic) bond motifs is 3. The van der Waals surface area contributed by atoms with Gasteiger partial charge in [0.15, 0.2) is 5.95 Å². The van der Waals surface area contributed by atoms with Crippen LogP contribution in [-0.2, 0) is 0 Å². The molecule has 0 radical (unpaired) electrons. The number of H-pyrrole nitrogens is 1. The molecule has 5 nitrogen and oxygen atoms in total. The molecular weight excluding hydrogens is 202 g/mol. The zero-order valence-corrected chi connectivity index (χ0v) is 8.25. The summed E-state index contributed by atoms with van der Waals surface area (Å²) >= 11 is 0. The van der Waals surface area contributed by atoms with Gasteiger partial charge in [0, 0.05) is 10.3 Å². The fourth-order valence-corrected chi connectivity index (χ4v) is 1.82. The van der Waals surface area contributed by atoms with Crippen molar-refractivity contribution in [3.05, 3.63) is 46.8 Å². The van der Waals surface area contributed by atoms with Crippen LogP contribution in [0.2, 0.25) is 0 Å². The van der Waals surface area contributed by atoms with E-state index in [-0.39, 0.29) is 0 Å². The van der Waals surface area contributed by atoms with Crippen LogP contribution in [0.15, 0.2) is 41.5 Å². The lowest BCUT2D eigenvalue weighted by atomic mass is 10.1. The van der Waals surface area contributed by atoms with Crippen LogP contribution in [0.5, 0.6) is 0 Å². The Morgan fingerprint density at radius 3 is 2.94 bits per heavy atom. The van der Waals surface area contributed by atoms with Gasteiger partial charge in [-0.05, 0) is 22.1 Å². The van der Waals surface area contributed by atoms with Gasteiger partial charge in [-0.15, -0.1) is 0 Å². The number of rotatable bonds is 1. The van der Waals surface area contributed by atoms with Gasteiger partial charge in [0.2, 0.25) is 0 Å². The number of imidazole rings is 1. The van der Waals surface area contributed by atoms with Gasteiger partial charge in [0.25, 0.3) is 0 Å². The molecule has 1 N–H and O–H groups in total. The number of aromatic amines is 1. The lowest BCUT2D eigenvalue weighted by Crippen LogP contribution is -1.74. The highest BCUT2D eigenvalue weighted by atomic mass is 15.2.